The molecule has 0 radical (unpaired) electrons. The zero-order chi connectivity index (χ0) is 19.9. The van der Waals surface area contributed by atoms with Crippen LogP contribution in [-0.2, 0) is 16.0 Å². The maximum atomic E-state index is 12.6. The number of hydrogen-bond acceptors (Lipinski definition) is 8. The molecule has 8 heteroatoms. The first-order valence-corrected chi connectivity index (χ1v) is 8.64. The Kier molecular flexibility index (Phi) is 5.34. The molecule has 27 heavy (non-hydrogen) atoms. The highest BCUT2D eigenvalue weighted by Gasteiger charge is 2.39. The lowest BCUT2D eigenvalue weighted by Gasteiger charge is -2.36. The van der Waals surface area contributed by atoms with Crippen LogP contribution in [0.5, 0.6) is 5.75 Å². The molecule has 0 aliphatic carbocycles. The van der Waals surface area contributed by atoms with E-state index in [1.165, 1.54) is 19.1 Å². The van der Waals surface area contributed by atoms with Gasteiger partial charge in [0.1, 0.15) is 35.1 Å². The fourth-order valence-corrected chi connectivity index (χ4v) is 3.51. The Balaban J connectivity index is 2.21. The van der Waals surface area contributed by atoms with Crippen LogP contribution < -0.4 is 5.43 Å². The van der Waals surface area contributed by atoms with Crippen molar-refractivity contribution < 1.29 is 34.4 Å². The van der Waals surface area contributed by atoms with Crippen LogP contribution in [0, 0.1) is 6.92 Å². The number of aliphatic hydroxyl groups excluding tert-OH is 3. The number of aromatic hydroxyl groups is 1. The van der Waals surface area contributed by atoms with Crippen molar-refractivity contribution in [2.24, 2.45) is 0 Å². The molecule has 0 amide bonds. The molecule has 2 aromatic rings. The molecule has 4 atom stereocenters. The van der Waals surface area contributed by atoms with E-state index in [1.807, 2.05) is 0 Å². The second-order valence-electron chi connectivity index (χ2n) is 6.93. The van der Waals surface area contributed by atoms with E-state index in [9.17, 15) is 30.0 Å². The smallest absolute Gasteiger partial charge is 0.193 e. The summed E-state index contributed by atoms with van der Waals surface area (Å²) in [6.45, 7) is 2.48. The topological polar surface area (TPSA) is 137 Å². The van der Waals surface area contributed by atoms with E-state index in [2.05, 4.69) is 0 Å². The Bertz CT molecular complexity index is 931. The average Bonchev–Trinajstić information content (AvgIpc) is 2.56. The molecule has 0 saturated carbocycles. The van der Waals surface area contributed by atoms with E-state index < -0.39 is 31.0 Å². The maximum absolute atomic E-state index is 12.6. The minimum atomic E-state index is -1.27. The molecule has 0 spiro atoms. The number of rotatable bonds is 4. The predicted molar refractivity (Wildman–Crippen MR) is 94.6 cm³/mol. The SMILES string of the molecule is CC(=O)Cc1cc(=O)c2c(C)cc(O)c([C@H]3C[C@@H](O)[C@H](O)[C@@H](CO)O3)c2o1. The van der Waals surface area contributed by atoms with E-state index in [0.29, 0.717) is 5.56 Å². The van der Waals surface area contributed by atoms with Gasteiger partial charge in [0, 0.05) is 12.5 Å². The summed E-state index contributed by atoms with van der Waals surface area (Å²) in [5.74, 6) is -0.238. The molecule has 146 valence electrons. The number of ether oxygens (including phenoxy) is 1. The molecule has 1 aromatic carbocycles. The van der Waals surface area contributed by atoms with Crippen LogP contribution in [0.2, 0.25) is 0 Å². The number of hydrogen-bond donors (Lipinski definition) is 4. The van der Waals surface area contributed by atoms with E-state index in [0.717, 1.165) is 0 Å². The number of Topliss-reactive ketones (excluding diaryl/α,β-unsaturated/α-hetero) is 1. The quantitative estimate of drug-likeness (QED) is 0.603. The zero-order valence-corrected chi connectivity index (χ0v) is 15.0. The summed E-state index contributed by atoms with van der Waals surface area (Å²) in [7, 11) is 0. The van der Waals surface area contributed by atoms with Gasteiger partial charge in [0.15, 0.2) is 5.43 Å². The summed E-state index contributed by atoms with van der Waals surface area (Å²) in [5, 5.41) is 40.1. The van der Waals surface area contributed by atoms with Crippen LogP contribution in [0.1, 0.15) is 36.3 Å². The third-order valence-electron chi connectivity index (χ3n) is 4.76. The number of benzene rings is 1. The molecular weight excluding hydrogens is 356 g/mol. The summed E-state index contributed by atoms with van der Waals surface area (Å²) in [6.07, 6.45) is -4.58. The van der Waals surface area contributed by atoms with Crippen LogP contribution in [0.3, 0.4) is 0 Å². The van der Waals surface area contributed by atoms with Gasteiger partial charge in [0.2, 0.25) is 0 Å². The lowest BCUT2D eigenvalue weighted by atomic mass is 9.91. The van der Waals surface area contributed by atoms with Crippen molar-refractivity contribution in [2.75, 3.05) is 6.61 Å². The molecule has 1 aromatic heterocycles. The second-order valence-corrected chi connectivity index (χ2v) is 6.93. The molecule has 0 unspecified atom stereocenters. The number of phenolic OH excluding ortho intramolecular Hbond substituents is 1. The van der Waals surface area contributed by atoms with Gasteiger partial charge < -0.3 is 29.6 Å². The monoisotopic (exact) mass is 378 g/mol. The van der Waals surface area contributed by atoms with Crippen molar-refractivity contribution >= 4 is 16.8 Å². The van der Waals surface area contributed by atoms with Crippen LogP contribution in [0.25, 0.3) is 11.0 Å². The van der Waals surface area contributed by atoms with Gasteiger partial charge in [-0.05, 0) is 25.5 Å². The van der Waals surface area contributed by atoms with Crippen molar-refractivity contribution in [3.8, 4) is 5.75 Å². The van der Waals surface area contributed by atoms with Gasteiger partial charge in [-0.25, -0.2) is 0 Å². The first-order valence-electron chi connectivity index (χ1n) is 8.64. The summed E-state index contributed by atoms with van der Waals surface area (Å²) >= 11 is 0. The highest BCUT2D eigenvalue weighted by Crippen LogP contribution is 2.41. The lowest BCUT2D eigenvalue weighted by Crippen LogP contribution is -2.47. The largest absolute Gasteiger partial charge is 0.507 e. The molecule has 2 heterocycles. The highest BCUT2D eigenvalue weighted by molar-refractivity contribution is 5.86. The molecular formula is C19H22O8. The Labute approximate surface area is 154 Å². The van der Waals surface area contributed by atoms with Crippen molar-refractivity contribution in [1.82, 2.24) is 0 Å². The lowest BCUT2D eigenvalue weighted by molar-refractivity contribution is -0.181. The van der Waals surface area contributed by atoms with E-state index >= 15 is 0 Å². The number of carbonyl (C=O) groups excluding carboxylic acids is 1. The minimum absolute atomic E-state index is 0.0654. The van der Waals surface area contributed by atoms with Gasteiger partial charge >= 0.3 is 0 Å². The third-order valence-corrected chi connectivity index (χ3v) is 4.76. The highest BCUT2D eigenvalue weighted by atomic mass is 16.5. The average molecular weight is 378 g/mol. The predicted octanol–water partition coefficient (Wildman–Crippen LogP) is 0.483. The van der Waals surface area contributed by atoms with Gasteiger partial charge in [-0.2, -0.15) is 0 Å². The molecule has 1 saturated heterocycles. The fraction of sp³-hybridized carbons (Fsp3) is 0.474. The number of phenols is 1. The van der Waals surface area contributed by atoms with Gasteiger partial charge in [-0.1, -0.05) is 0 Å². The molecule has 0 bridgehead atoms. The van der Waals surface area contributed by atoms with Gasteiger partial charge in [-0.15, -0.1) is 0 Å². The van der Waals surface area contributed by atoms with Crippen LogP contribution in [0.15, 0.2) is 21.3 Å². The Morgan fingerprint density at radius 2 is 2.00 bits per heavy atom. The normalized spacial score (nSPS) is 25.7. The van der Waals surface area contributed by atoms with Gasteiger partial charge in [0.25, 0.3) is 0 Å². The molecule has 8 nitrogen and oxygen atoms in total. The minimum Gasteiger partial charge on any atom is -0.507 e. The first-order chi connectivity index (χ1) is 12.7. The number of aliphatic hydroxyl groups is 3. The summed E-state index contributed by atoms with van der Waals surface area (Å²) in [4.78, 5) is 24.0. The van der Waals surface area contributed by atoms with E-state index in [1.54, 1.807) is 6.92 Å². The van der Waals surface area contributed by atoms with Crippen LogP contribution >= 0.6 is 0 Å². The fourth-order valence-electron chi connectivity index (χ4n) is 3.51. The second kappa shape index (κ2) is 7.40. The van der Waals surface area contributed by atoms with Crippen molar-refractivity contribution in [3.63, 3.8) is 0 Å². The van der Waals surface area contributed by atoms with E-state index in [4.69, 9.17) is 9.15 Å². The number of aryl methyl sites for hydroxylation is 1. The molecule has 1 aliphatic heterocycles. The molecule has 4 N–H and O–H groups in total. The van der Waals surface area contributed by atoms with Crippen molar-refractivity contribution in [3.05, 3.63) is 39.2 Å². The number of carbonyl (C=O) groups is 1. The molecule has 1 aliphatic rings. The Morgan fingerprint density at radius 3 is 2.63 bits per heavy atom. The number of fused-ring (bicyclic) bond motifs is 1. The summed E-state index contributed by atoms with van der Waals surface area (Å²) in [5.41, 5.74) is 0.342. The van der Waals surface area contributed by atoms with Crippen molar-refractivity contribution in [1.29, 1.82) is 0 Å². The first kappa shape index (κ1) is 19.5. The Hall–Kier alpha value is -2.26. The summed E-state index contributed by atoms with van der Waals surface area (Å²) < 4.78 is 11.4. The van der Waals surface area contributed by atoms with Crippen LogP contribution in [0.4, 0.5) is 0 Å². The van der Waals surface area contributed by atoms with E-state index in [-0.39, 0.29) is 52.1 Å². The van der Waals surface area contributed by atoms with Gasteiger partial charge in [0.05, 0.1) is 36.2 Å². The van der Waals surface area contributed by atoms with Crippen LogP contribution in [-0.4, -0.2) is 51.1 Å². The Morgan fingerprint density at radius 1 is 1.30 bits per heavy atom. The van der Waals surface area contributed by atoms with Gasteiger partial charge in [-0.3, -0.25) is 9.59 Å². The number of ketones is 1. The zero-order valence-electron chi connectivity index (χ0n) is 15.0. The van der Waals surface area contributed by atoms with Crippen molar-refractivity contribution in [2.45, 2.75) is 51.1 Å². The standard InChI is InChI=1S/C19H22O8/c1-8-3-11(22)17(14-6-13(24)18(25)15(7-20)27-14)19-16(8)12(23)5-10(26-19)4-9(2)21/h3,5,13-15,18,20,22,24-25H,4,6-7H2,1-2H3/t13-,14-,15-,18+/m1/s1. The molecule has 1 fully saturated rings. The summed E-state index contributed by atoms with van der Waals surface area (Å²) in [6, 6.07) is 2.64. The molecule has 3 rings (SSSR count). The maximum Gasteiger partial charge on any atom is 0.193 e. The third kappa shape index (κ3) is 3.61.